The molecule has 0 aliphatic carbocycles. The first kappa shape index (κ1) is 20.9. The van der Waals surface area contributed by atoms with Gasteiger partial charge >= 0.3 is 0 Å². The molecule has 0 radical (unpaired) electrons. The maximum Gasteiger partial charge on any atom is 0.161 e. The van der Waals surface area contributed by atoms with Crippen LogP contribution in [-0.2, 0) is 6.54 Å². The Morgan fingerprint density at radius 1 is 0.944 bits per heavy atom. The fraction of sp³-hybridized carbons (Fsp3) is 0.231. The molecule has 1 fully saturated rings. The molecule has 1 aliphatic rings. The lowest BCUT2D eigenvalue weighted by molar-refractivity contribution is 0.331. The maximum absolute atomic E-state index is 4.97. The number of nitrogens with one attached hydrogen (secondary N) is 2. The third kappa shape index (κ3) is 3.62. The van der Waals surface area contributed by atoms with Crippen molar-refractivity contribution in [2.45, 2.75) is 26.3 Å². The number of aryl methyl sites for hydroxylation is 1. The summed E-state index contributed by atoms with van der Waals surface area (Å²) in [5, 5.41) is 7.64. The van der Waals surface area contributed by atoms with Gasteiger partial charge in [0, 0.05) is 30.7 Å². The number of hydrogen-bond donors (Lipinski definition) is 2. The number of H-pyrrole nitrogens is 2. The number of aromatic amines is 2. The van der Waals surface area contributed by atoms with Crippen LogP contribution in [0.15, 0.2) is 55.5 Å². The van der Waals surface area contributed by atoms with Gasteiger partial charge in [-0.3, -0.25) is 20.0 Å². The van der Waals surface area contributed by atoms with Crippen LogP contribution >= 0.6 is 0 Å². The molecule has 0 aromatic carbocycles. The van der Waals surface area contributed by atoms with Gasteiger partial charge in [0.1, 0.15) is 11.0 Å². The molecule has 10 nitrogen and oxygen atoms in total. The van der Waals surface area contributed by atoms with Crippen molar-refractivity contribution in [3.8, 4) is 28.5 Å². The average Bonchev–Trinajstić information content (AvgIpc) is 3.70. The predicted octanol–water partition coefficient (Wildman–Crippen LogP) is 4.05. The maximum atomic E-state index is 4.97. The molecule has 0 bridgehead atoms. The number of fused-ring (bicyclic) bond motifs is 2. The molecule has 7 rings (SSSR count). The van der Waals surface area contributed by atoms with Crippen molar-refractivity contribution in [2.75, 3.05) is 13.1 Å². The Morgan fingerprint density at radius 3 is 2.69 bits per heavy atom. The number of likely N-dealkylation sites (tertiary alicyclic amines) is 1. The van der Waals surface area contributed by atoms with E-state index in [1.807, 2.05) is 42.2 Å². The van der Waals surface area contributed by atoms with Gasteiger partial charge in [-0.15, -0.1) is 0 Å². The Morgan fingerprint density at radius 2 is 1.83 bits per heavy atom. The average molecular weight is 477 g/mol. The molecule has 0 amide bonds. The molecule has 10 heteroatoms. The summed E-state index contributed by atoms with van der Waals surface area (Å²) in [5.74, 6) is 0.632. The normalized spacial score (nSPS) is 14.4. The van der Waals surface area contributed by atoms with E-state index in [2.05, 4.69) is 41.1 Å². The van der Waals surface area contributed by atoms with Crippen LogP contribution in [0.2, 0.25) is 0 Å². The van der Waals surface area contributed by atoms with Crippen LogP contribution in [0.25, 0.3) is 50.5 Å². The van der Waals surface area contributed by atoms with Crippen LogP contribution in [-0.4, -0.2) is 62.7 Å². The number of aromatic nitrogens is 9. The van der Waals surface area contributed by atoms with Gasteiger partial charge in [-0.25, -0.2) is 15.0 Å². The number of pyridine rings is 3. The fourth-order valence-electron chi connectivity index (χ4n) is 4.91. The number of imidazole rings is 2. The first-order valence-corrected chi connectivity index (χ1v) is 12.1. The van der Waals surface area contributed by atoms with Crippen LogP contribution in [0.3, 0.4) is 0 Å². The lowest BCUT2D eigenvalue weighted by atomic mass is 10.1. The van der Waals surface area contributed by atoms with Crippen molar-refractivity contribution in [3.63, 3.8) is 0 Å². The fourth-order valence-corrected chi connectivity index (χ4v) is 4.91. The Balaban J connectivity index is 1.28. The molecule has 0 spiro atoms. The van der Waals surface area contributed by atoms with Crippen LogP contribution in [0.4, 0.5) is 0 Å². The molecule has 36 heavy (non-hydrogen) atoms. The Hall–Kier alpha value is -4.44. The van der Waals surface area contributed by atoms with Crippen LogP contribution in [0.5, 0.6) is 0 Å². The highest BCUT2D eigenvalue weighted by molar-refractivity contribution is 5.92. The van der Waals surface area contributed by atoms with E-state index in [4.69, 9.17) is 9.97 Å². The van der Waals surface area contributed by atoms with Gasteiger partial charge in [-0.05, 0) is 56.6 Å². The minimum atomic E-state index is 0.632. The van der Waals surface area contributed by atoms with Crippen molar-refractivity contribution in [2.24, 2.45) is 0 Å². The summed E-state index contributed by atoms with van der Waals surface area (Å²) in [7, 11) is 0. The van der Waals surface area contributed by atoms with Gasteiger partial charge in [-0.1, -0.05) is 0 Å². The summed E-state index contributed by atoms with van der Waals surface area (Å²) in [6.45, 7) is 5.19. The SMILES string of the molecule is Cc1cn(-c2cncc3[nH]c(-c4n[nH]c5ccc(-c6cncc(CN7CCCC7)c6)nc45)nc23)cn1. The molecule has 0 atom stereocenters. The minimum Gasteiger partial charge on any atom is -0.335 e. The number of hydrogen-bond acceptors (Lipinski definition) is 7. The van der Waals surface area contributed by atoms with Gasteiger partial charge < -0.3 is 9.55 Å². The summed E-state index contributed by atoms with van der Waals surface area (Å²) in [6, 6.07) is 6.19. The summed E-state index contributed by atoms with van der Waals surface area (Å²) in [6.07, 6.45) is 13.6. The van der Waals surface area contributed by atoms with Crippen LogP contribution < -0.4 is 0 Å². The zero-order chi connectivity index (χ0) is 24.1. The summed E-state index contributed by atoms with van der Waals surface area (Å²) in [4.78, 5) is 28.9. The van der Waals surface area contributed by atoms with Crippen molar-refractivity contribution in [1.82, 2.24) is 49.6 Å². The van der Waals surface area contributed by atoms with Crippen molar-refractivity contribution in [1.29, 1.82) is 0 Å². The van der Waals surface area contributed by atoms with E-state index in [0.717, 1.165) is 64.3 Å². The zero-order valence-electron chi connectivity index (χ0n) is 19.8. The van der Waals surface area contributed by atoms with E-state index in [1.165, 1.54) is 18.4 Å². The molecule has 0 unspecified atom stereocenters. The lowest BCUT2D eigenvalue weighted by Crippen LogP contribution is -2.18. The molecular weight excluding hydrogens is 452 g/mol. The highest BCUT2D eigenvalue weighted by Gasteiger charge is 2.18. The summed E-state index contributed by atoms with van der Waals surface area (Å²) < 4.78 is 1.93. The molecule has 0 saturated carbocycles. The monoisotopic (exact) mass is 476 g/mol. The molecule has 7 heterocycles. The van der Waals surface area contributed by atoms with Gasteiger partial charge in [0.2, 0.25) is 0 Å². The Labute approximate surface area is 206 Å². The first-order chi connectivity index (χ1) is 17.7. The highest BCUT2D eigenvalue weighted by Crippen LogP contribution is 2.29. The van der Waals surface area contributed by atoms with E-state index in [-0.39, 0.29) is 0 Å². The van der Waals surface area contributed by atoms with E-state index < -0.39 is 0 Å². The zero-order valence-corrected chi connectivity index (χ0v) is 19.8. The van der Waals surface area contributed by atoms with Gasteiger partial charge in [0.25, 0.3) is 0 Å². The molecule has 2 N–H and O–H groups in total. The van der Waals surface area contributed by atoms with E-state index in [1.54, 1.807) is 18.7 Å². The lowest BCUT2D eigenvalue weighted by Gasteiger charge is -2.14. The summed E-state index contributed by atoms with van der Waals surface area (Å²) >= 11 is 0. The van der Waals surface area contributed by atoms with Gasteiger partial charge in [0.15, 0.2) is 11.5 Å². The Kier molecular flexibility index (Phi) is 4.84. The van der Waals surface area contributed by atoms with E-state index in [9.17, 15) is 0 Å². The van der Waals surface area contributed by atoms with Crippen molar-refractivity contribution < 1.29 is 0 Å². The van der Waals surface area contributed by atoms with Crippen molar-refractivity contribution >= 4 is 22.1 Å². The first-order valence-electron chi connectivity index (χ1n) is 12.1. The molecule has 1 aliphatic heterocycles. The standard InChI is InChI=1S/C26H24N10/c1-16-13-36(15-29-16)22-12-28-11-21-23(22)32-26(31-21)25-24-20(33-34-25)5-4-19(30-24)18-8-17(9-27-10-18)14-35-6-2-3-7-35/h4-5,8-13,15H,2-3,6-7,14H2,1H3,(H,31,32)(H,33,34). The van der Waals surface area contributed by atoms with E-state index >= 15 is 0 Å². The van der Waals surface area contributed by atoms with E-state index in [0.29, 0.717) is 11.5 Å². The second-order valence-corrected chi connectivity index (χ2v) is 9.29. The van der Waals surface area contributed by atoms with Gasteiger partial charge in [-0.2, -0.15) is 5.10 Å². The third-order valence-electron chi connectivity index (χ3n) is 6.69. The Bertz CT molecular complexity index is 1700. The predicted molar refractivity (Wildman–Crippen MR) is 136 cm³/mol. The smallest absolute Gasteiger partial charge is 0.161 e. The topological polar surface area (TPSA) is 117 Å². The largest absolute Gasteiger partial charge is 0.335 e. The number of rotatable bonds is 5. The second-order valence-electron chi connectivity index (χ2n) is 9.29. The van der Waals surface area contributed by atoms with Crippen LogP contribution in [0.1, 0.15) is 24.1 Å². The molecule has 178 valence electrons. The molecule has 6 aromatic heterocycles. The molecular formula is C26H24N10. The van der Waals surface area contributed by atoms with Crippen molar-refractivity contribution in [3.05, 3.63) is 66.8 Å². The number of nitrogens with zero attached hydrogens (tertiary/aromatic N) is 8. The minimum absolute atomic E-state index is 0.632. The van der Waals surface area contributed by atoms with Gasteiger partial charge in [0.05, 0.1) is 46.8 Å². The quantitative estimate of drug-likeness (QED) is 0.385. The second kappa shape index (κ2) is 8.35. The molecule has 6 aromatic rings. The highest BCUT2D eigenvalue weighted by atomic mass is 15.2. The molecule has 1 saturated heterocycles. The third-order valence-corrected chi connectivity index (χ3v) is 6.69. The summed E-state index contributed by atoms with van der Waals surface area (Å²) in [5.41, 5.74) is 8.71. The van der Waals surface area contributed by atoms with Crippen LogP contribution in [0, 0.1) is 6.92 Å².